The summed E-state index contributed by atoms with van der Waals surface area (Å²) in [6, 6.07) is -0.646. The molecule has 0 radical (unpaired) electrons. The molecule has 0 rings (SSSR count). The van der Waals surface area contributed by atoms with E-state index in [4.69, 9.17) is 4.74 Å². The summed E-state index contributed by atoms with van der Waals surface area (Å²) >= 11 is 0. The van der Waals surface area contributed by atoms with Crippen LogP contribution >= 0.6 is 0 Å². The van der Waals surface area contributed by atoms with Crippen LogP contribution in [0.3, 0.4) is 0 Å². The summed E-state index contributed by atoms with van der Waals surface area (Å²) in [6.07, 6.45) is 60.4. The number of allylic oxidation sites excluding steroid dienone is 3. The van der Waals surface area contributed by atoms with E-state index in [0.29, 0.717) is 19.4 Å². The number of esters is 1. The van der Waals surface area contributed by atoms with Crippen molar-refractivity contribution in [2.45, 2.75) is 302 Å². The Morgan fingerprint density at radius 1 is 0.443 bits per heavy atom. The lowest BCUT2D eigenvalue weighted by Crippen LogP contribution is -2.45. The van der Waals surface area contributed by atoms with E-state index in [0.717, 1.165) is 77.0 Å². The van der Waals surface area contributed by atoms with Crippen LogP contribution in [0.1, 0.15) is 290 Å². The second-order valence-electron chi connectivity index (χ2n) is 18.6. The summed E-state index contributed by atoms with van der Waals surface area (Å²) < 4.78 is 5.45. The third-order valence-electron chi connectivity index (χ3n) is 12.5. The van der Waals surface area contributed by atoms with Gasteiger partial charge in [0.15, 0.2) is 0 Å². The SMILES string of the molecule is CCCCCCCCCCCCCCCCCC/C=C/C(O)C(CO)NC(=O)CCCCCCC/C=C\CCCCCOC(=O)CCCCCCCCCCCCCCCC. The number of hydrogen-bond donors (Lipinski definition) is 3. The third kappa shape index (κ3) is 47.7. The van der Waals surface area contributed by atoms with E-state index in [-0.39, 0.29) is 18.5 Å². The molecule has 0 aliphatic heterocycles. The number of rotatable bonds is 50. The maximum absolute atomic E-state index is 12.4. The highest BCUT2D eigenvalue weighted by molar-refractivity contribution is 5.76. The van der Waals surface area contributed by atoms with Crippen molar-refractivity contribution in [3.63, 3.8) is 0 Å². The lowest BCUT2D eigenvalue weighted by molar-refractivity contribution is -0.143. The molecular weight excluding hydrogens is 755 g/mol. The van der Waals surface area contributed by atoms with Crippen molar-refractivity contribution in [3.8, 4) is 0 Å². The first-order chi connectivity index (χ1) is 30.0. The molecule has 360 valence electrons. The van der Waals surface area contributed by atoms with Gasteiger partial charge < -0.3 is 20.3 Å². The summed E-state index contributed by atoms with van der Waals surface area (Å²) in [4.78, 5) is 24.5. The van der Waals surface area contributed by atoms with Gasteiger partial charge in [-0.15, -0.1) is 0 Å². The van der Waals surface area contributed by atoms with Crippen LogP contribution in [0.15, 0.2) is 24.3 Å². The largest absolute Gasteiger partial charge is 0.466 e. The molecule has 61 heavy (non-hydrogen) atoms. The average molecular weight is 860 g/mol. The lowest BCUT2D eigenvalue weighted by Gasteiger charge is -2.20. The number of carbonyl (C=O) groups excluding carboxylic acids is 2. The molecule has 0 aliphatic rings. The van der Waals surface area contributed by atoms with Gasteiger partial charge in [-0.05, 0) is 64.2 Å². The summed E-state index contributed by atoms with van der Waals surface area (Å²) in [5.41, 5.74) is 0. The number of aliphatic hydroxyl groups excluding tert-OH is 2. The predicted molar refractivity (Wildman–Crippen MR) is 264 cm³/mol. The van der Waals surface area contributed by atoms with Crippen LogP contribution < -0.4 is 5.32 Å². The Labute approximate surface area is 380 Å². The maximum atomic E-state index is 12.4. The predicted octanol–water partition coefficient (Wildman–Crippen LogP) is 16.3. The van der Waals surface area contributed by atoms with E-state index in [2.05, 4.69) is 31.3 Å². The molecular formula is C55H105NO5. The van der Waals surface area contributed by atoms with Gasteiger partial charge in [0.2, 0.25) is 5.91 Å². The molecule has 2 atom stereocenters. The highest BCUT2D eigenvalue weighted by Crippen LogP contribution is 2.16. The number of ether oxygens (including phenoxy) is 1. The van der Waals surface area contributed by atoms with Crippen molar-refractivity contribution in [1.82, 2.24) is 5.32 Å². The Hall–Kier alpha value is -1.66. The molecule has 0 aromatic heterocycles. The van der Waals surface area contributed by atoms with Crippen LogP contribution in [0.2, 0.25) is 0 Å². The van der Waals surface area contributed by atoms with Crippen molar-refractivity contribution in [2.24, 2.45) is 0 Å². The number of unbranched alkanes of at least 4 members (excludes halogenated alkanes) is 37. The zero-order valence-electron chi connectivity index (χ0n) is 40.9. The average Bonchev–Trinajstić information content (AvgIpc) is 3.26. The quantitative estimate of drug-likeness (QED) is 0.0322. The molecule has 1 amide bonds. The topological polar surface area (TPSA) is 95.9 Å². The molecule has 3 N–H and O–H groups in total. The van der Waals surface area contributed by atoms with Crippen molar-refractivity contribution in [3.05, 3.63) is 24.3 Å². The summed E-state index contributed by atoms with van der Waals surface area (Å²) in [7, 11) is 0. The van der Waals surface area contributed by atoms with Crippen LogP contribution in [0.4, 0.5) is 0 Å². The van der Waals surface area contributed by atoms with Gasteiger partial charge in [-0.25, -0.2) is 0 Å². The van der Waals surface area contributed by atoms with E-state index in [9.17, 15) is 19.8 Å². The fourth-order valence-corrected chi connectivity index (χ4v) is 8.27. The van der Waals surface area contributed by atoms with Gasteiger partial charge >= 0.3 is 5.97 Å². The van der Waals surface area contributed by atoms with Crippen molar-refractivity contribution in [1.29, 1.82) is 0 Å². The molecule has 0 fully saturated rings. The van der Waals surface area contributed by atoms with Gasteiger partial charge in [0.25, 0.3) is 0 Å². The van der Waals surface area contributed by atoms with Gasteiger partial charge in [-0.3, -0.25) is 9.59 Å². The molecule has 0 aliphatic carbocycles. The monoisotopic (exact) mass is 860 g/mol. The van der Waals surface area contributed by atoms with Crippen LogP contribution in [0, 0.1) is 0 Å². The second-order valence-corrected chi connectivity index (χ2v) is 18.6. The Bertz CT molecular complexity index is 951. The number of aliphatic hydroxyl groups is 2. The third-order valence-corrected chi connectivity index (χ3v) is 12.5. The molecule has 0 aromatic carbocycles. The zero-order valence-corrected chi connectivity index (χ0v) is 40.9. The molecule has 0 bridgehead atoms. The van der Waals surface area contributed by atoms with Gasteiger partial charge in [0, 0.05) is 12.8 Å². The van der Waals surface area contributed by atoms with E-state index >= 15 is 0 Å². The Balaban J connectivity index is 3.53. The first kappa shape index (κ1) is 59.3. The standard InChI is InChI=1S/C55H105NO5/c1-3-5-7-9-11-13-15-17-19-20-21-22-23-27-31-35-39-43-47-53(58)52(51-57)56-54(59)48-44-40-36-32-28-25-26-30-34-38-42-46-50-61-55(60)49-45-41-37-33-29-24-18-16-14-12-10-8-6-4-2/h26,30,43,47,52-53,57-58H,3-25,27-29,31-42,44-46,48-51H2,1-2H3,(H,56,59)/b30-26-,47-43+. The fraction of sp³-hybridized carbons (Fsp3) is 0.891. The Morgan fingerprint density at radius 3 is 1.16 bits per heavy atom. The van der Waals surface area contributed by atoms with E-state index in [1.54, 1.807) is 6.08 Å². The Kier molecular flexibility index (Phi) is 49.6. The van der Waals surface area contributed by atoms with E-state index < -0.39 is 12.1 Å². The van der Waals surface area contributed by atoms with Gasteiger partial charge in [-0.2, -0.15) is 0 Å². The highest BCUT2D eigenvalue weighted by Gasteiger charge is 2.18. The molecule has 0 saturated carbocycles. The van der Waals surface area contributed by atoms with Gasteiger partial charge in [-0.1, -0.05) is 237 Å². The van der Waals surface area contributed by atoms with E-state index in [1.807, 2.05) is 6.08 Å². The number of nitrogens with one attached hydrogen (secondary N) is 1. The Morgan fingerprint density at radius 2 is 0.770 bits per heavy atom. The molecule has 0 saturated heterocycles. The number of carbonyl (C=O) groups is 2. The first-order valence-electron chi connectivity index (χ1n) is 27.1. The van der Waals surface area contributed by atoms with Gasteiger partial charge in [0.1, 0.15) is 0 Å². The van der Waals surface area contributed by atoms with Gasteiger partial charge in [0.05, 0.1) is 25.4 Å². The highest BCUT2D eigenvalue weighted by atomic mass is 16.5. The molecule has 0 heterocycles. The molecule has 6 heteroatoms. The summed E-state index contributed by atoms with van der Waals surface area (Å²) in [5.74, 6) is -0.114. The lowest BCUT2D eigenvalue weighted by atomic mass is 10.0. The van der Waals surface area contributed by atoms with Crippen LogP contribution in [0.5, 0.6) is 0 Å². The minimum absolute atomic E-state index is 0.0220. The van der Waals surface area contributed by atoms with Crippen molar-refractivity contribution in [2.75, 3.05) is 13.2 Å². The van der Waals surface area contributed by atoms with Crippen molar-refractivity contribution >= 4 is 11.9 Å². The molecule has 2 unspecified atom stereocenters. The number of amides is 1. The van der Waals surface area contributed by atoms with Crippen molar-refractivity contribution < 1.29 is 24.5 Å². The van der Waals surface area contributed by atoms with Crippen LogP contribution in [-0.4, -0.2) is 47.4 Å². The normalized spacial score (nSPS) is 12.8. The van der Waals surface area contributed by atoms with E-state index in [1.165, 1.54) is 186 Å². The maximum Gasteiger partial charge on any atom is 0.305 e. The minimum atomic E-state index is -0.860. The number of hydrogen-bond acceptors (Lipinski definition) is 5. The summed E-state index contributed by atoms with van der Waals surface area (Å²) in [6.45, 7) is 4.85. The molecule has 0 aromatic rings. The minimum Gasteiger partial charge on any atom is -0.466 e. The van der Waals surface area contributed by atoms with Crippen LogP contribution in [0.25, 0.3) is 0 Å². The smallest absolute Gasteiger partial charge is 0.305 e. The summed E-state index contributed by atoms with van der Waals surface area (Å²) in [5, 5.41) is 23.1. The first-order valence-corrected chi connectivity index (χ1v) is 27.1. The second kappa shape index (κ2) is 51.0. The molecule has 0 spiro atoms. The van der Waals surface area contributed by atoms with Crippen LogP contribution in [-0.2, 0) is 14.3 Å². The molecule has 6 nitrogen and oxygen atoms in total. The fourth-order valence-electron chi connectivity index (χ4n) is 8.27. The zero-order chi connectivity index (χ0) is 44.4.